The summed E-state index contributed by atoms with van der Waals surface area (Å²) in [7, 11) is 0. The maximum atomic E-state index is 11.1. The predicted octanol–water partition coefficient (Wildman–Crippen LogP) is 2.01. The van der Waals surface area contributed by atoms with Gasteiger partial charge in [0.2, 0.25) is 0 Å². The molecule has 1 saturated carbocycles. The van der Waals surface area contributed by atoms with Crippen LogP contribution >= 0.6 is 24.0 Å². The summed E-state index contributed by atoms with van der Waals surface area (Å²) in [6, 6.07) is -0.467. The minimum atomic E-state index is -0.766. The molecule has 2 unspecified atom stereocenters. The Hall–Kier alpha value is -0.290. The number of carboxylic acids is 1. The minimum absolute atomic E-state index is 0.148. The van der Waals surface area contributed by atoms with Gasteiger partial charge in [-0.25, -0.2) is 4.79 Å². The second-order valence-electron chi connectivity index (χ2n) is 4.23. The van der Waals surface area contributed by atoms with Crippen LogP contribution in [0.25, 0.3) is 0 Å². The molecule has 3 nitrogen and oxygen atoms in total. The number of thiocarbonyl (C=S) groups is 1. The third-order valence-electron chi connectivity index (χ3n) is 3.23. The van der Waals surface area contributed by atoms with Crippen LogP contribution in [0.4, 0.5) is 0 Å². The van der Waals surface area contributed by atoms with Crippen LogP contribution in [0.2, 0.25) is 0 Å². The summed E-state index contributed by atoms with van der Waals surface area (Å²) in [5, 5.41) is 12.1. The molecule has 1 aliphatic heterocycles. The molecule has 1 saturated heterocycles. The van der Waals surface area contributed by atoms with Gasteiger partial charge in [-0.15, -0.1) is 0 Å². The van der Waals surface area contributed by atoms with Crippen LogP contribution in [0.3, 0.4) is 0 Å². The quantitative estimate of drug-likeness (QED) is 0.729. The standard InChI is InChI=1S/C10H15NO2S2/c12-9(13)7-8(15-10(14)11-7)6-4-2-1-3-5-6/h6-8H,1-5H2,(H,11,14)(H,12,13). The van der Waals surface area contributed by atoms with E-state index in [9.17, 15) is 4.79 Å². The fourth-order valence-electron chi connectivity index (χ4n) is 2.47. The lowest BCUT2D eigenvalue weighted by Gasteiger charge is -2.28. The van der Waals surface area contributed by atoms with E-state index in [1.54, 1.807) is 11.8 Å². The second kappa shape index (κ2) is 4.70. The Kier molecular flexibility index (Phi) is 3.51. The number of nitrogens with one attached hydrogen (secondary N) is 1. The zero-order valence-electron chi connectivity index (χ0n) is 8.44. The summed E-state index contributed by atoms with van der Waals surface area (Å²) in [6.45, 7) is 0. The Morgan fingerprint density at radius 2 is 2.07 bits per heavy atom. The first-order valence-electron chi connectivity index (χ1n) is 5.38. The molecule has 2 atom stereocenters. The van der Waals surface area contributed by atoms with Gasteiger partial charge in [-0.05, 0) is 18.8 Å². The molecule has 0 aromatic rings. The lowest BCUT2D eigenvalue weighted by Crippen LogP contribution is -2.42. The maximum absolute atomic E-state index is 11.1. The van der Waals surface area contributed by atoms with Crippen molar-refractivity contribution in [1.82, 2.24) is 5.32 Å². The Morgan fingerprint density at radius 3 is 2.67 bits per heavy atom. The van der Waals surface area contributed by atoms with Crippen molar-refractivity contribution < 1.29 is 9.90 Å². The molecule has 84 valence electrons. The molecule has 2 aliphatic rings. The monoisotopic (exact) mass is 245 g/mol. The third-order valence-corrected chi connectivity index (χ3v) is 4.89. The van der Waals surface area contributed by atoms with E-state index in [-0.39, 0.29) is 5.25 Å². The molecule has 0 amide bonds. The Morgan fingerprint density at radius 1 is 1.40 bits per heavy atom. The van der Waals surface area contributed by atoms with Crippen molar-refractivity contribution in [1.29, 1.82) is 0 Å². The lowest BCUT2D eigenvalue weighted by molar-refractivity contribution is -0.139. The van der Waals surface area contributed by atoms with E-state index < -0.39 is 12.0 Å². The average molecular weight is 245 g/mol. The number of thioether (sulfide) groups is 1. The van der Waals surface area contributed by atoms with Crippen LogP contribution in [-0.4, -0.2) is 26.7 Å². The zero-order valence-corrected chi connectivity index (χ0v) is 10.1. The van der Waals surface area contributed by atoms with Crippen LogP contribution in [0.1, 0.15) is 32.1 Å². The molecule has 1 aliphatic carbocycles. The molecule has 0 radical (unpaired) electrons. The molecule has 0 spiro atoms. The fraction of sp³-hybridized carbons (Fsp3) is 0.800. The van der Waals surface area contributed by atoms with Crippen molar-refractivity contribution in [2.24, 2.45) is 5.92 Å². The molecule has 2 N–H and O–H groups in total. The Bertz CT molecular complexity index is 277. The fourth-order valence-corrected chi connectivity index (χ4v) is 4.16. The normalized spacial score (nSPS) is 32.7. The van der Waals surface area contributed by atoms with Gasteiger partial charge >= 0.3 is 5.97 Å². The number of aliphatic carboxylic acids is 1. The van der Waals surface area contributed by atoms with E-state index in [2.05, 4.69) is 5.32 Å². The molecule has 15 heavy (non-hydrogen) atoms. The van der Waals surface area contributed by atoms with Crippen LogP contribution in [0, 0.1) is 5.92 Å². The molecular formula is C10H15NO2S2. The van der Waals surface area contributed by atoms with Crippen LogP contribution < -0.4 is 5.32 Å². The molecule has 2 rings (SSSR count). The highest BCUT2D eigenvalue weighted by Gasteiger charge is 2.41. The van der Waals surface area contributed by atoms with Gasteiger partial charge in [0.25, 0.3) is 0 Å². The first-order chi connectivity index (χ1) is 7.18. The van der Waals surface area contributed by atoms with Crippen molar-refractivity contribution in [3.8, 4) is 0 Å². The maximum Gasteiger partial charge on any atom is 0.327 e. The van der Waals surface area contributed by atoms with E-state index in [1.807, 2.05) is 0 Å². The van der Waals surface area contributed by atoms with Crippen LogP contribution in [0.5, 0.6) is 0 Å². The number of hydrogen-bond acceptors (Lipinski definition) is 3. The van der Waals surface area contributed by atoms with E-state index in [4.69, 9.17) is 17.3 Å². The molecular weight excluding hydrogens is 230 g/mol. The average Bonchev–Trinajstić information content (AvgIpc) is 2.62. The summed E-state index contributed by atoms with van der Waals surface area (Å²) in [6.07, 6.45) is 6.09. The van der Waals surface area contributed by atoms with Crippen molar-refractivity contribution in [2.45, 2.75) is 43.4 Å². The molecule has 2 fully saturated rings. The highest BCUT2D eigenvalue weighted by molar-refractivity contribution is 8.23. The summed E-state index contributed by atoms with van der Waals surface area (Å²) < 4.78 is 0.651. The van der Waals surface area contributed by atoms with E-state index in [1.165, 1.54) is 19.3 Å². The van der Waals surface area contributed by atoms with Gasteiger partial charge in [0.15, 0.2) is 0 Å². The van der Waals surface area contributed by atoms with Crippen molar-refractivity contribution >= 4 is 34.3 Å². The lowest BCUT2D eigenvalue weighted by atomic mass is 9.84. The largest absolute Gasteiger partial charge is 0.480 e. The summed E-state index contributed by atoms with van der Waals surface area (Å²) in [5.41, 5.74) is 0. The first kappa shape index (κ1) is 11.2. The molecule has 0 aromatic carbocycles. The van der Waals surface area contributed by atoms with Crippen molar-refractivity contribution in [3.05, 3.63) is 0 Å². The smallest absolute Gasteiger partial charge is 0.327 e. The number of carbonyl (C=O) groups is 1. The Balaban J connectivity index is 2.05. The van der Waals surface area contributed by atoms with Crippen LogP contribution in [0.15, 0.2) is 0 Å². The highest BCUT2D eigenvalue weighted by atomic mass is 32.2. The predicted molar refractivity (Wildman–Crippen MR) is 65.1 cm³/mol. The van der Waals surface area contributed by atoms with Gasteiger partial charge in [0, 0.05) is 5.25 Å². The molecule has 1 heterocycles. The van der Waals surface area contributed by atoms with Gasteiger partial charge < -0.3 is 10.4 Å². The van der Waals surface area contributed by atoms with E-state index in [0.29, 0.717) is 10.2 Å². The molecule has 0 bridgehead atoms. The number of hydrogen-bond donors (Lipinski definition) is 2. The van der Waals surface area contributed by atoms with Crippen molar-refractivity contribution in [3.63, 3.8) is 0 Å². The minimum Gasteiger partial charge on any atom is -0.480 e. The van der Waals surface area contributed by atoms with Crippen molar-refractivity contribution in [2.75, 3.05) is 0 Å². The van der Waals surface area contributed by atoms with Crippen LogP contribution in [-0.2, 0) is 4.79 Å². The summed E-state index contributed by atoms with van der Waals surface area (Å²) in [4.78, 5) is 11.1. The van der Waals surface area contributed by atoms with Gasteiger partial charge in [-0.1, -0.05) is 43.2 Å². The number of rotatable bonds is 2. The third kappa shape index (κ3) is 2.45. The molecule has 5 heteroatoms. The SMILES string of the molecule is O=C(O)C1NC(=S)SC1C1CCCCC1. The summed E-state index contributed by atoms with van der Waals surface area (Å²) in [5.74, 6) is -0.240. The van der Waals surface area contributed by atoms with Gasteiger partial charge in [-0.3, -0.25) is 0 Å². The van der Waals surface area contributed by atoms with Gasteiger partial charge in [0.05, 0.1) is 0 Å². The topological polar surface area (TPSA) is 49.3 Å². The highest BCUT2D eigenvalue weighted by Crippen LogP contribution is 2.37. The molecule has 0 aromatic heterocycles. The van der Waals surface area contributed by atoms with E-state index >= 15 is 0 Å². The van der Waals surface area contributed by atoms with E-state index in [0.717, 1.165) is 12.8 Å². The van der Waals surface area contributed by atoms with Gasteiger partial charge in [-0.2, -0.15) is 0 Å². The number of carboxylic acid groups (broad SMARTS) is 1. The first-order valence-corrected chi connectivity index (χ1v) is 6.67. The Labute approximate surface area is 99.0 Å². The second-order valence-corrected chi connectivity index (χ2v) is 6.08. The zero-order chi connectivity index (χ0) is 10.8. The summed E-state index contributed by atoms with van der Waals surface area (Å²) >= 11 is 6.60. The van der Waals surface area contributed by atoms with Gasteiger partial charge in [0.1, 0.15) is 10.4 Å².